The Morgan fingerprint density at radius 2 is 1.26 bits per heavy atom. The van der Waals surface area contributed by atoms with Gasteiger partial charge in [0.25, 0.3) is 0 Å². The minimum Gasteiger partial charge on any atom is -0.374 e. The first kappa shape index (κ1) is 26.1. The maximum absolute atomic E-state index is 5.99. The molecule has 158 valence electrons. The molecule has 0 aromatic heterocycles. The van der Waals surface area contributed by atoms with E-state index in [4.69, 9.17) is 9.47 Å². The van der Waals surface area contributed by atoms with Gasteiger partial charge in [0, 0.05) is 7.11 Å². The topological polar surface area (TPSA) is 18.5 Å². The van der Waals surface area contributed by atoms with Crippen molar-refractivity contribution < 1.29 is 9.47 Å². The predicted octanol–water partition coefficient (Wildman–Crippen LogP) is 7.61. The molecule has 0 spiro atoms. The monoisotopic (exact) mass is 378 g/mol. The summed E-state index contributed by atoms with van der Waals surface area (Å²) in [5, 5.41) is 0. The van der Waals surface area contributed by atoms with Crippen molar-refractivity contribution in [3.05, 3.63) is 35.9 Å². The molecule has 0 bridgehead atoms. The van der Waals surface area contributed by atoms with Crippen LogP contribution in [0.3, 0.4) is 0 Å². The first-order valence-corrected chi connectivity index (χ1v) is 10.3. The van der Waals surface area contributed by atoms with Gasteiger partial charge >= 0.3 is 0 Å². The molecule has 0 radical (unpaired) electrons. The fourth-order valence-corrected chi connectivity index (χ4v) is 4.29. The molecule has 1 aromatic carbocycles. The number of hydrogen-bond donors (Lipinski definition) is 0. The summed E-state index contributed by atoms with van der Waals surface area (Å²) in [6.45, 7) is 24.4. The fourth-order valence-electron chi connectivity index (χ4n) is 4.29. The summed E-state index contributed by atoms with van der Waals surface area (Å²) in [5.74, 6) is 0. The van der Waals surface area contributed by atoms with E-state index < -0.39 is 0 Å². The average Bonchev–Trinajstić information content (AvgIpc) is 2.43. The van der Waals surface area contributed by atoms with Crippen LogP contribution in [0.2, 0.25) is 0 Å². The Hall–Kier alpha value is -0.860. The second-order valence-corrected chi connectivity index (χ2v) is 11.1. The Morgan fingerprint density at radius 3 is 1.63 bits per heavy atom. The van der Waals surface area contributed by atoms with Gasteiger partial charge in [0.15, 0.2) is 0 Å². The van der Waals surface area contributed by atoms with E-state index in [0.717, 1.165) is 6.42 Å². The van der Waals surface area contributed by atoms with Crippen molar-refractivity contribution in [1.29, 1.82) is 0 Å². The summed E-state index contributed by atoms with van der Waals surface area (Å²) < 4.78 is 11.3. The third kappa shape index (κ3) is 12.3. The maximum Gasteiger partial charge on any atom is 0.0871 e. The Morgan fingerprint density at radius 1 is 0.778 bits per heavy atom. The normalized spacial score (nSPS) is 13.4. The highest BCUT2D eigenvalue weighted by molar-refractivity contribution is 5.20. The van der Waals surface area contributed by atoms with Gasteiger partial charge in [-0.25, -0.2) is 0 Å². The third-order valence-electron chi connectivity index (χ3n) is 4.45. The van der Waals surface area contributed by atoms with Crippen LogP contribution in [0.4, 0.5) is 0 Å². The molecule has 0 atom stereocenters. The standard InChI is InChI=1S/C15H32O.C10H14O/c1-12(2)16-15(8,9)11-14(6,7)10-13(3,4)5;1-10(2,11-3)9-7-5-4-6-8-9/h12H,10-11H2,1-9H3;4-8H,1-3H3. The minimum absolute atomic E-state index is 0.0249. The molecule has 0 N–H and O–H groups in total. The molecule has 0 unspecified atom stereocenters. The van der Waals surface area contributed by atoms with E-state index in [1.54, 1.807) is 7.11 Å². The number of ether oxygens (including phenoxy) is 2. The van der Waals surface area contributed by atoms with Crippen molar-refractivity contribution in [2.45, 2.75) is 106 Å². The summed E-state index contributed by atoms with van der Waals surface area (Å²) >= 11 is 0. The van der Waals surface area contributed by atoms with Crippen LogP contribution in [0.25, 0.3) is 0 Å². The van der Waals surface area contributed by atoms with E-state index in [2.05, 4.69) is 88.3 Å². The highest BCUT2D eigenvalue weighted by Gasteiger charge is 2.33. The zero-order valence-corrected chi connectivity index (χ0v) is 20.2. The fraction of sp³-hybridized carbons (Fsp3) is 0.760. The lowest BCUT2D eigenvalue weighted by molar-refractivity contribution is -0.0822. The maximum atomic E-state index is 5.99. The van der Waals surface area contributed by atoms with Gasteiger partial charge in [-0.3, -0.25) is 0 Å². The van der Waals surface area contributed by atoms with Crippen molar-refractivity contribution >= 4 is 0 Å². The lowest BCUT2D eigenvalue weighted by atomic mass is 9.71. The van der Waals surface area contributed by atoms with Crippen LogP contribution < -0.4 is 0 Å². The van der Waals surface area contributed by atoms with Crippen LogP contribution in [-0.4, -0.2) is 18.8 Å². The molecule has 0 heterocycles. The Labute approximate surface area is 170 Å². The molecular weight excluding hydrogens is 332 g/mol. The highest BCUT2D eigenvalue weighted by Crippen LogP contribution is 2.40. The number of benzene rings is 1. The molecular formula is C25H46O2. The molecule has 27 heavy (non-hydrogen) atoms. The molecule has 0 fully saturated rings. The molecule has 1 aromatic rings. The van der Waals surface area contributed by atoms with E-state index in [0.29, 0.717) is 16.9 Å². The summed E-state index contributed by atoms with van der Waals surface area (Å²) in [4.78, 5) is 0. The molecule has 0 aliphatic carbocycles. The van der Waals surface area contributed by atoms with Crippen LogP contribution in [0.15, 0.2) is 30.3 Å². The van der Waals surface area contributed by atoms with E-state index >= 15 is 0 Å². The predicted molar refractivity (Wildman–Crippen MR) is 119 cm³/mol. The molecule has 1 rings (SSSR count). The Bertz CT molecular complexity index is 519. The largest absolute Gasteiger partial charge is 0.374 e. The molecule has 0 aliphatic rings. The van der Waals surface area contributed by atoms with E-state index in [1.807, 2.05) is 18.2 Å². The number of hydrogen-bond acceptors (Lipinski definition) is 2. The zero-order chi connectivity index (χ0) is 21.5. The van der Waals surface area contributed by atoms with Gasteiger partial charge in [0.1, 0.15) is 0 Å². The lowest BCUT2D eigenvalue weighted by Gasteiger charge is -2.39. The van der Waals surface area contributed by atoms with Gasteiger partial charge in [0.2, 0.25) is 0 Å². The second-order valence-electron chi connectivity index (χ2n) is 11.1. The van der Waals surface area contributed by atoms with Crippen molar-refractivity contribution in [2.75, 3.05) is 7.11 Å². The van der Waals surface area contributed by atoms with Gasteiger partial charge < -0.3 is 9.47 Å². The van der Waals surface area contributed by atoms with E-state index in [-0.39, 0.29) is 11.2 Å². The van der Waals surface area contributed by atoms with Crippen LogP contribution in [0.5, 0.6) is 0 Å². The van der Waals surface area contributed by atoms with Crippen molar-refractivity contribution in [3.63, 3.8) is 0 Å². The molecule has 0 aliphatic heterocycles. The van der Waals surface area contributed by atoms with Crippen LogP contribution in [-0.2, 0) is 15.1 Å². The van der Waals surface area contributed by atoms with Gasteiger partial charge in [-0.05, 0) is 70.8 Å². The Balaban J connectivity index is 0.000000533. The smallest absolute Gasteiger partial charge is 0.0871 e. The molecule has 2 nitrogen and oxygen atoms in total. The van der Waals surface area contributed by atoms with Crippen molar-refractivity contribution in [1.82, 2.24) is 0 Å². The second kappa shape index (κ2) is 10.1. The molecule has 0 saturated heterocycles. The first-order valence-electron chi connectivity index (χ1n) is 10.3. The SMILES string of the molecule is CC(C)OC(C)(C)CC(C)(C)CC(C)(C)C.COC(C)(C)c1ccccc1. The van der Waals surface area contributed by atoms with E-state index in [9.17, 15) is 0 Å². The van der Waals surface area contributed by atoms with Gasteiger partial charge in [0.05, 0.1) is 17.3 Å². The van der Waals surface area contributed by atoms with Crippen LogP contribution >= 0.6 is 0 Å². The molecule has 0 amide bonds. The number of methoxy groups -OCH3 is 1. The van der Waals surface area contributed by atoms with Gasteiger partial charge in [-0.2, -0.15) is 0 Å². The van der Waals surface area contributed by atoms with E-state index in [1.165, 1.54) is 12.0 Å². The third-order valence-corrected chi connectivity index (χ3v) is 4.45. The van der Waals surface area contributed by atoms with Crippen LogP contribution in [0, 0.1) is 10.8 Å². The van der Waals surface area contributed by atoms with Gasteiger partial charge in [-0.15, -0.1) is 0 Å². The lowest BCUT2D eigenvalue weighted by Crippen LogP contribution is -2.35. The summed E-state index contributed by atoms with van der Waals surface area (Å²) in [5.41, 5.74) is 1.74. The van der Waals surface area contributed by atoms with Crippen molar-refractivity contribution in [2.24, 2.45) is 10.8 Å². The van der Waals surface area contributed by atoms with Crippen molar-refractivity contribution in [3.8, 4) is 0 Å². The molecule has 2 heteroatoms. The Kier molecular flexibility index (Phi) is 9.75. The summed E-state index contributed by atoms with van der Waals surface area (Å²) in [6.07, 6.45) is 2.64. The average molecular weight is 379 g/mol. The molecule has 0 saturated carbocycles. The summed E-state index contributed by atoms with van der Waals surface area (Å²) in [7, 11) is 1.73. The summed E-state index contributed by atoms with van der Waals surface area (Å²) in [6, 6.07) is 10.2. The number of rotatable bonds is 7. The van der Waals surface area contributed by atoms with Gasteiger partial charge in [-0.1, -0.05) is 65.0 Å². The minimum atomic E-state index is -0.165. The highest BCUT2D eigenvalue weighted by atomic mass is 16.5. The van der Waals surface area contributed by atoms with Crippen LogP contribution in [0.1, 0.15) is 94.6 Å². The quantitative estimate of drug-likeness (QED) is 0.486. The first-order chi connectivity index (χ1) is 12.0. The zero-order valence-electron chi connectivity index (χ0n) is 20.2.